The van der Waals surface area contributed by atoms with Crippen LogP contribution in [0.5, 0.6) is 0 Å². The maximum Gasteiger partial charge on any atom is 0.289 e. The molecule has 5 nitrogen and oxygen atoms in total. The molecule has 0 atom stereocenters. The van der Waals surface area contributed by atoms with Crippen molar-refractivity contribution in [2.45, 2.75) is 0 Å². The van der Waals surface area contributed by atoms with Gasteiger partial charge in [0.2, 0.25) is 5.82 Å². The Morgan fingerprint density at radius 1 is 1.14 bits per heavy atom. The molecular weight excluding hydrogens is 343 g/mol. The zero-order valence-corrected chi connectivity index (χ0v) is 13.3. The van der Waals surface area contributed by atoms with Crippen molar-refractivity contribution < 1.29 is 4.79 Å². The second-order valence-corrected chi connectivity index (χ2v) is 5.88. The Balaban J connectivity index is 1.76. The summed E-state index contributed by atoms with van der Waals surface area (Å²) in [4.78, 5) is 23.1. The van der Waals surface area contributed by atoms with Gasteiger partial charge in [0, 0.05) is 16.0 Å². The fourth-order valence-electron chi connectivity index (χ4n) is 1.70. The number of rotatable bonds is 4. The molecule has 0 bridgehead atoms. The number of nitrogens with one attached hydrogen (secondary N) is 1. The number of hydrogen-bond acceptors (Lipinski definition) is 6. The van der Waals surface area contributed by atoms with Gasteiger partial charge >= 0.3 is 0 Å². The minimum absolute atomic E-state index is 0.0341. The number of anilines is 2. The molecule has 0 aliphatic carbocycles. The summed E-state index contributed by atoms with van der Waals surface area (Å²) >= 11 is 12.6. The molecule has 0 aliphatic rings. The van der Waals surface area contributed by atoms with Gasteiger partial charge in [-0.1, -0.05) is 23.7 Å². The van der Waals surface area contributed by atoms with E-state index in [0.717, 1.165) is 11.3 Å². The third kappa shape index (κ3) is 3.41. The average Bonchev–Trinajstić information content (AvgIpc) is 2.97. The van der Waals surface area contributed by atoms with Gasteiger partial charge in [-0.3, -0.25) is 4.79 Å². The predicted octanol–water partition coefficient (Wildman–Crippen LogP) is 4.38. The molecule has 0 fully saturated rings. The highest BCUT2D eigenvalue weighted by Crippen LogP contribution is 2.27. The molecule has 1 aromatic carbocycles. The summed E-state index contributed by atoms with van der Waals surface area (Å²) < 4.78 is 0. The van der Waals surface area contributed by atoms with E-state index in [1.54, 1.807) is 0 Å². The van der Waals surface area contributed by atoms with Crippen LogP contribution in [-0.4, -0.2) is 20.2 Å². The topological polar surface area (TPSA) is 67.8 Å². The molecule has 3 aromatic rings. The van der Waals surface area contributed by atoms with Crippen LogP contribution < -0.4 is 5.32 Å². The van der Waals surface area contributed by atoms with Crippen LogP contribution in [0, 0.1) is 0 Å². The molecule has 2 heterocycles. The van der Waals surface area contributed by atoms with Crippen molar-refractivity contribution in [3.63, 3.8) is 0 Å². The number of aromatic nitrogens is 3. The Hall–Kier alpha value is -2.02. The first-order valence-corrected chi connectivity index (χ1v) is 7.76. The number of halogens is 2. The Morgan fingerprint density at radius 3 is 2.45 bits per heavy atom. The third-order valence-electron chi connectivity index (χ3n) is 2.72. The average molecular weight is 351 g/mol. The van der Waals surface area contributed by atoms with Gasteiger partial charge in [-0.2, -0.15) is 0 Å². The van der Waals surface area contributed by atoms with E-state index >= 15 is 0 Å². The van der Waals surface area contributed by atoms with Crippen molar-refractivity contribution in [2.75, 3.05) is 5.32 Å². The van der Waals surface area contributed by atoms with Crippen molar-refractivity contribution in [1.29, 1.82) is 0 Å². The van der Waals surface area contributed by atoms with E-state index in [2.05, 4.69) is 20.3 Å². The summed E-state index contributed by atoms with van der Waals surface area (Å²) in [6.07, 6.45) is 2.96. The minimum atomic E-state index is -0.689. The molecule has 0 saturated carbocycles. The van der Waals surface area contributed by atoms with Crippen molar-refractivity contribution in [3.8, 4) is 11.3 Å². The maximum atomic E-state index is 10.9. The largest absolute Gasteiger partial charge is 0.329 e. The molecule has 22 heavy (non-hydrogen) atoms. The lowest BCUT2D eigenvalue weighted by Crippen LogP contribution is -1.99. The number of carbonyl (C=O) groups excluding carboxylic acids is 1. The number of hydrogen-bond donors (Lipinski definition) is 1. The van der Waals surface area contributed by atoms with Crippen molar-refractivity contribution in [3.05, 3.63) is 52.9 Å². The molecule has 0 spiro atoms. The van der Waals surface area contributed by atoms with Crippen LogP contribution in [0.1, 0.15) is 10.6 Å². The first kappa shape index (κ1) is 14.9. The normalized spacial score (nSPS) is 10.5. The van der Waals surface area contributed by atoms with E-state index in [9.17, 15) is 4.79 Å². The molecule has 1 N–H and O–H groups in total. The highest BCUT2D eigenvalue weighted by atomic mass is 35.5. The molecule has 2 aromatic heterocycles. The molecule has 0 radical (unpaired) electrons. The summed E-state index contributed by atoms with van der Waals surface area (Å²) in [5.41, 5.74) is 2.45. The fraction of sp³-hybridized carbons (Fsp3) is 0. The second kappa shape index (κ2) is 6.39. The monoisotopic (exact) mass is 350 g/mol. The van der Waals surface area contributed by atoms with Crippen LogP contribution in [-0.2, 0) is 0 Å². The minimum Gasteiger partial charge on any atom is -0.329 e. The quantitative estimate of drug-likeness (QED) is 0.707. The van der Waals surface area contributed by atoms with Crippen LogP contribution in [0.3, 0.4) is 0 Å². The van der Waals surface area contributed by atoms with Crippen LogP contribution in [0.4, 0.5) is 10.8 Å². The second-order valence-electron chi connectivity index (χ2n) is 4.24. The van der Waals surface area contributed by atoms with E-state index in [0.29, 0.717) is 15.8 Å². The maximum absolute atomic E-state index is 10.9. The Labute approximate surface area is 140 Å². The van der Waals surface area contributed by atoms with Crippen molar-refractivity contribution >= 4 is 50.6 Å². The molecule has 0 amide bonds. The lowest BCUT2D eigenvalue weighted by atomic mass is 10.2. The SMILES string of the molecule is O=C(Cl)c1ncc(Nc2nc(-c3ccc(Cl)cc3)cs2)cn1. The van der Waals surface area contributed by atoms with E-state index in [1.807, 2.05) is 29.6 Å². The number of thiazole rings is 1. The van der Waals surface area contributed by atoms with Crippen molar-refractivity contribution in [2.24, 2.45) is 0 Å². The van der Waals surface area contributed by atoms with Gasteiger partial charge in [-0.05, 0) is 23.7 Å². The van der Waals surface area contributed by atoms with E-state index in [-0.39, 0.29) is 5.82 Å². The lowest BCUT2D eigenvalue weighted by molar-refractivity contribution is 0.107. The summed E-state index contributed by atoms with van der Waals surface area (Å²) in [5.74, 6) is -0.0341. The molecule has 0 unspecified atom stereocenters. The zero-order valence-electron chi connectivity index (χ0n) is 11.0. The third-order valence-corrected chi connectivity index (χ3v) is 3.90. The Kier molecular flexibility index (Phi) is 4.33. The molecule has 0 saturated heterocycles. The van der Waals surface area contributed by atoms with Crippen LogP contribution >= 0.6 is 34.5 Å². The van der Waals surface area contributed by atoms with Gasteiger partial charge < -0.3 is 5.32 Å². The van der Waals surface area contributed by atoms with E-state index in [4.69, 9.17) is 23.2 Å². The molecule has 3 rings (SSSR count). The van der Waals surface area contributed by atoms with Crippen LogP contribution in [0.15, 0.2) is 42.0 Å². The van der Waals surface area contributed by atoms with Crippen LogP contribution in [0.2, 0.25) is 5.02 Å². The Bertz CT molecular complexity index is 802. The number of nitrogens with zero attached hydrogens (tertiary/aromatic N) is 3. The first-order valence-electron chi connectivity index (χ1n) is 6.12. The van der Waals surface area contributed by atoms with Gasteiger partial charge in [0.25, 0.3) is 5.24 Å². The smallest absolute Gasteiger partial charge is 0.289 e. The zero-order chi connectivity index (χ0) is 15.5. The summed E-state index contributed by atoms with van der Waals surface area (Å²) in [5, 5.41) is 5.69. The summed E-state index contributed by atoms with van der Waals surface area (Å²) in [7, 11) is 0. The van der Waals surface area contributed by atoms with Crippen LogP contribution in [0.25, 0.3) is 11.3 Å². The summed E-state index contributed by atoms with van der Waals surface area (Å²) in [6, 6.07) is 7.45. The van der Waals surface area contributed by atoms with Gasteiger partial charge in [0.15, 0.2) is 5.13 Å². The highest BCUT2D eigenvalue weighted by Gasteiger charge is 2.07. The van der Waals surface area contributed by atoms with Gasteiger partial charge in [0.1, 0.15) is 0 Å². The Morgan fingerprint density at radius 2 is 1.82 bits per heavy atom. The predicted molar refractivity (Wildman–Crippen MR) is 88.1 cm³/mol. The number of carbonyl (C=O) groups is 1. The molecule has 8 heteroatoms. The lowest BCUT2D eigenvalue weighted by Gasteiger charge is -2.01. The van der Waals surface area contributed by atoms with Gasteiger partial charge in [-0.25, -0.2) is 15.0 Å². The van der Waals surface area contributed by atoms with Crippen molar-refractivity contribution in [1.82, 2.24) is 15.0 Å². The van der Waals surface area contributed by atoms with Gasteiger partial charge in [-0.15, -0.1) is 11.3 Å². The standard InChI is InChI=1S/C14H8Cl2N4OS/c15-9-3-1-8(2-4-9)11-7-22-14(20-11)19-10-5-17-13(12(16)21)18-6-10/h1-7H,(H,19,20). The molecule has 110 valence electrons. The van der Waals surface area contributed by atoms with Gasteiger partial charge in [0.05, 0.1) is 23.8 Å². The number of benzene rings is 1. The molecule has 0 aliphatic heterocycles. The van der Waals surface area contributed by atoms with E-state index < -0.39 is 5.24 Å². The first-order chi connectivity index (χ1) is 10.6. The fourth-order valence-corrected chi connectivity index (χ4v) is 2.67. The summed E-state index contributed by atoms with van der Waals surface area (Å²) in [6.45, 7) is 0. The highest BCUT2D eigenvalue weighted by molar-refractivity contribution is 7.14. The molecular formula is C14H8Cl2N4OS. The van der Waals surface area contributed by atoms with E-state index in [1.165, 1.54) is 23.7 Å².